The van der Waals surface area contributed by atoms with Gasteiger partial charge in [0.15, 0.2) is 0 Å². The molecule has 0 heterocycles. The fourth-order valence-corrected chi connectivity index (χ4v) is 2.06. The molecule has 64 valence electrons. The average Bonchev–Trinajstić information content (AvgIpc) is 1.96. The normalized spacial score (nSPS) is 9.92. The van der Waals surface area contributed by atoms with Crippen LogP contribution >= 0.6 is 50.1 Å². The summed E-state index contributed by atoms with van der Waals surface area (Å²) in [6, 6.07) is 3.19. The lowest BCUT2D eigenvalue weighted by atomic mass is 10.2. The Labute approximate surface area is 96.2 Å². The molecule has 0 unspecified atom stereocenters. The minimum absolute atomic E-state index is 0.218. The summed E-state index contributed by atoms with van der Waals surface area (Å²) in [7, 11) is 0. The standard InChI is InChI=1S/C7H3BrClIO2/c8-3-1-4(7(11)12)6(10)5(9)2-3/h1-2H,(H,11,12). The summed E-state index contributed by atoms with van der Waals surface area (Å²) in [5.41, 5.74) is 0.218. The van der Waals surface area contributed by atoms with E-state index >= 15 is 0 Å². The van der Waals surface area contributed by atoms with Crippen molar-refractivity contribution in [3.05, 3.63) is 30.8 Å². The second-order valence-electron chi connectivity index (χ2n) is 2.05. The molecule has 0 atom stereocenters. The molecule has 0 fully saturated rings. The van der Waals surface area contributed by atoms with Crippen molar-refractivity contribution in [2.24, 2.45) is 0 Å². The van der Waals surface area contributed by atoms with Crippen molar-refractivity contribution in [2.75, 3.05) is 0 Å². The Morgan fingerprint density at radius 1 is 1.58 bits per heavy atom. The number of aromatic carboxylic acids is 1. The molecule has 1 aromatic carbocycles. The largest absolute Gasteiger partial charge is 0.478 e. The second kappa shape index (κ2) is 3.93. The molecule has 2 nitrogen and oxygen atoms in total. The monoisotopic (exact) mass is 360 g/mol. The third kappa shape index (κ3) is 2.11. The summed E-state index contributed by atoms with van der Waals surface area (Å²) in [4.78, 5) is 10.6. The van der Waals surface area contributed by atoms with E-state index in [0.717, 1.165) is 0 Å². The SMILES string of the molecule is O=C(O)c1cc(Br)cc(Cl)c1I. The van der Waals surface area contributed by atoms with Gasteiger partial charge in [-0.05, 0) is 34.7 Å². The highest BCUT2D eigenvalue weighted by atomic mass is 127. The highest BCUT2D eigenvalue weighted by Crippen LogP contribution is 2.26. The molecular formula is C7H3BrClIO2. The average molecular weight is 361 g/mol. The maximum absolute atomic E-state index is 10.6. The molecule has 12 heavy (non-hydrogen) atoms. The van der Waals surface area contributed by atoms with Gasteiger partial charge in [-0.3, -0.25) is 0 Å². The van der Waals surface area contributed by atoms with Crippen LogP contribution < -0.4 is 0 Å². The van der Waals surface area contributed by atoms with Gasteiger partial charge in [0, 0.05) is 8.04 Å². The van der Waals surface area contributed by atoms with E-state index in [2.05, 4.69) is 15.9 Å². The first-order valence-electron chi connectivity index (χ1n) is 2.90. The Balaban J connectivity index is 3.37. The third-order valence-electron chi connectivity index (χ3n) is 1.22. The maximum Gasteiger partial charge on any atom is 0.336 e. The minimum Gasteiger partial charge on any atom is -0.478 e. The summed E-state index contributed by atoms with van der Waals surface area (Å²) in [6.07, 6.45) is 0. The van der Waals surface area contributed by atoms with E-state index in [1.165, 1.54) is 6.07 Å². The van der Waals surface area contributed by atoms with Crippen LogP contribution in [-0.4, -0.2) is 11.1 Å². The first kappa shape index (κ1) is 10.3. The van der Waals surface area contributed by atoms with Crippen LogP contribution in [0.25, 0.3) is 0 Å². The Bertz CT molecular complexity index is 340. The third-order valence-corrected chi connectivity index (χ3v) is 3.46. The van der Waals surface area contributed by atoms with E-state index in [1.807, 2.05) is 22.6 Å². The summed E-state index contributed by atoms with van der Waals surface area (Å²) in [5, 5.41) is 9.18. The van der Waals surface area contributed by atoms with Gasteiger partial charge >= 0.3 is 5.97 Å². The maximum atomic E-state index is 10.6. The van der Waals surface area contributed by atoms with Crippen molar-refractivity contribution in [3.8, 4) is 0 Å². The lowest BCUT2D eigenvalue weighted by Crippen LogP contribution is -1.99. The number of rotatable bonds is 1. The van der Waals surface area contributed by atoms with Crippen LogP contribution in [-0.2, 0) is 0 Å². The van der Waals surface area contributed by atoms with Gasteiger partial charge in [0.05, 0.1) is 10.6 Å². The number of halogens is 3. The molecule has 0 saturated carbocycles. The summed E-state index contributed by atoms with van der Waals surface area (Å²) < 4.78 is 1.23. The van der Waals surface area contributed by atoms with E-state index in [9.17, 15) is 4.79 Å². The Morgan fingerprint density at radius 2 is 2.17 bits per heavy atom. The predicted octanol–water partition coefficient (Wildman–Crippen LogP) is 3.41. The predicted molar refractivity (Wildman–Crippen MR) is 58.8 cm³/mol. The van der Waals surface area contributed by atoms with Crippen molar-refractivity contribution in [3.63, 3.8) is 0 Å². The van der Waals surface area contributed by atoms with Crippen molar-refractivity contribution < 1.29 is 9.90 Å². The molecule has 1 N–H and O–H groups in total. The molecule has 5 heteroatoms. The zero-order valence-corrected chi connectivity index (χ0v) is 10.1. The highest BCUT2D eigenvalue weighted by molar-refractivity contribution is 14.1. The summed E-state index contributed by atoms with van der Waals surface area (Å²) in [6.45, 7) is 0. The van der Waals surface area contributed by atoms with Crippen LogP contribution in [0.15, 0.2) is 16.6 Å². The molecule has 0 saturated heterocycles. The zero-order valence-electron chi connectivity index (χ0n) is 5.64. The Kier molecular flexibility index (Phi) is 3.37. The Hall–Kier alpha value is 0.190. The molecule has 1 rings (SSSR count). The van der Waals surface area contributed by atoms with Crippen molar-refractivity contribution in [1.29, 1.82) is 0 Å². The van der Waals surface area contributed by atoms with Crippen LogP contribution in [0, 0.1) is 3.57 Å². The molecule has 0 spiro atoms. The van der Waals surface area contributed by atoms with Crippen molar-refractivity contribution in [1.82, 2.24) is 0 Å². The molecule has 0 radical (unpaired) electrons. The van der Waals surface area contributed by atoms with Crippen LogP contribution in [0.1, 0.15) is 10.4 Å². The van der Waals surface area contributed by atoms with Gasteiger partial charge in [0.25, 0.3) is 0 Å². The Morgan fingerprint density at radius 3 is 2.67 bits per heavy atom. The lowest BCUT2D eigenvalue weighted by Gasteiger charge is -2.01. The number of carboxylic acid groups (broad SMARTS) is 1. The van der Waals surface area contributed by atoms with Crippen molar-refractivity contribution in [2.45, 2.75) is 0 Å². The fourth-order valence-electron chi connectivity index (χ4n) is 0.712. The quantitative estimate of drug-likeness (QED) is 0.615. The van der Waals surface area contributed by atoms with Crippen LogP contribution in [0.4, 0.5) is 0 Å². The number of hydrogen-bond donors (Lipinski definition) is 1. The molecule has 0 bridgehead atoms. The smallest absolute Gasteiger partial charge is 0.336 e. The molecule has 0 amide bonds. The van der Waals surface area contributed by atoms with E-state index < -0.39 is 5.97 Å². The highest BCUT2D eigenvalue weighted by Gasteiger charge is 2.11. The van der Waals surface area contributed by atoms with Gasteiger partial charge in [-0.15, -0.1) is 0 Å². The van der Waals surface area contributed by atoms with Crippen molar-refractivity contribution >= 4 is 56.1 Å². The fraction of sp³-hybridized carbons (Fsp3) is 0. The molecule has 0 aliphatic rings. The number of carboxylic acids is 1. The number of hydrogen-bond acceptors (Lipinski definition) is 1. The van der Waals surface area contributed by atoms with Gasteiger partial charge < -0.3 is 5.11 Å². The summed E-state index contributed by atoms with van der Waals surface area (Å²) in [5.74, 6) is -0.970. The van der Waals surface area contributed by atoms with Crippen LogP contribution in [0.5, 0.6) is 0 Å². The molecule has 1 aromatic rings. The number of benzene rings is 1. The first-order valence-corrected chi connectivity index (χ1v) is 5.15. The van der Waals surface area contributed by atoms with Gasteiger partial charge in [-0.2, -0.15) is 0 Å². The van der Waals surface area contributed by atoms with E-state index in [1.54, 1.807) is 6.07 Å². The first-order chi connectivity index (χ1) is 5.52. The topological polar surface area (TPSA) is 37.3 Å². The molecule has 0 aromatic heterocycles. The van der Waals surface area contributed by atoms with Gasteiger partial charge in [0.2, 0.25) is 0 Å². The van der Waals surface area contributed by atoms with Gasteiger partial charge in [0.1, 0.15) is 0 Å². The van der Waals surface area contributed by atoms with Gasteiger partial charge in [-0.1, -0.05) is 27.5 Å². The van der Waals surface area contributed by atoms with Crippen LogP contribution in [0.3, 0.4) is 0 Å². The van der Waals surface area contributed by atoms with E-state index in [4.69, 9.17) is 16.7 Å². The summed E-state index contributed by atoms with van der Waals surface area (Å²) >= 11 is 10.8. The van der Waals surface area contributed by atoms with Gasteiger partial charge in [-0.25, -0.2) is 4.79 Å². The molecular weight excluding hydrogens is 358 g/mol. The second-order valence-corrected chi connectivity index (χ2v) is 4.46. The number of carbonyl (C=O) groups is 1. The van der Waals surface area contributed by atoms with E-state index in [0.29, 0.717) is 13.1 Å². The zero-order chi connectivity index (χ0) is 9.30. The molecule has 0 aliphatic heterocycles. The minimum atomic E-state index is -0.970. The molecule has 0 aliphatic carbocycles. The van der Waals surface area contributed by atoms with Crippen LogP contribution in [0.2, 0.25) is 5.02 Å². The van der Waals surface area contributed by atoms with E-state index in [-0.39, 0.29) is 5.56 Å². The lowest BCUT2D eigenvalue weighted by molar-refractivity contribution is 0.0695.